The summed E-state index contributed by atoms with van der Waals surface area (Å²) in [7, 11) is 0. The monoisotopic (exact) mass is 227 g/mol. The van der Waals surface area contributed by atoms with E-state index in [2.05, 4.69) is 4.98 Å². The Morgan fingerprint density at radius 3 is 2.44 bits per heavy atom. The summed E-state index contributed by atoms with van der Waals surface area (Å²) in [6.45, 7) is 0. The average Bonchev–Trinajstić information content (AvgIpc) is 2.65. The first-order chi connectivity index (χ1) is 7.54. The van der Waals surface area contributed by atoms with E-state index < -0.39 is 12.6 Å². The number of halogens is 3. The van der Waals surface area contributed by atoms with Gasteiger partial charge in [-0.3, -0.25) is 0 Å². The molecule has 0 fully saturated rings. The number of aromatic nitrogens is 1. The number of benzene rings is 1. The van der Waals surface area contributed by atoms with E-state index >= 15 is 0 Å². The van der Waals surface area contributed by atoms with Gasteiger partial charge in [0.2, 0.25) is 5.89 Å². The van der Waals surface area contributed by atoms with Crippen molar-refractivity contribution in [3.63, 3.8) is 0 Å². The van der Waals surface area contributed by atoms with E-state index in [0.29, 0.717) is 5.56 Å². The molecule has 2 nitrogen and oxygen atoms in total. The van der Waals surface area contributed by atoms with Gasteiger partial charge in [0.05, 0.1) is 12.1 Å². The summed E-state index contributed by atoms with van der Waals surface area (Å²) in [5.41, 5.74) is 0.558. The Morgan fingerprint density at radius 2 is 1.81 bits per heavy atom. The van der Waals surface area contributed by atoms with Crippen LogP contribution in [-0.2, 0) is 6.42 Å². The van der Waals surface area contributed by atoms with Crippen LogP contribution in [-0.4, -0.2) is 11.2 Å². The zero-order valence-corrected chi connectivity index (χ0v) is 8.16. The predicted molar refractivity (Wildman–Crippen MR) is 51.7 cm³/mol. The molecule has 0 spiro atoms. The van der Waals surface area contributed by atoms with Gasteiger partial charge in [-0.1, -0.05) is 18.2 Å². The van der Waals surface area contributed by atoms with Gasteiger partial charge in [-0.15, -0.1) is 0 Å². The van der Waals surface area contributed by atoms with Crippen LogP contribution in [0.3, 0.4) is 0 Å². The summed E-state index contributed by atoms with van der Waals surface area (Å²) in [6, 6.07) is 8.79. The van der Waals surface area contributed by atoms with Gasteiger partial charge in [0.1, 0.15) is 6.26 Å². The van der Waals surface area contributed by atoms with Crippen molar-refractivity contribution < 1.29 is 17.6 Å². The summed E-state index contributed by atoms with van der Waals surface area (Å²) in [4.78, 5) is 3.78. The Kier molecular flexibility index (Phi) is 2.68. The highest BCUT2D eigenvalue weighted by molar-refractivity contribution is 5.52. The molecule has 16 heavy (non-hydrogen) atoms. The van der Waals surface area contributed by atoms with E-state index in [1.54, 1.807) is 24.3 Å². The number of hydrogen-bond donors (Lipinski definition) is 0. The Morgan fingerprint density at radius 1 is 1.12 bits per heavy atom. The number of nitrogens with zero attached hydrogens (tertiary/aromatic N) is 1. The molecule has 0 saturated heterocycles. The Bertz CT molecular complexity index is 462. The van der Waals surface area contributed by atoms with Gasteiger partial charge >= 0.3 is 6.18 Å². The summed E-state index contributed by atoms with van der Waals surface area (Å²) in [6.07, 6.45) is -4.29. The van der Waals surface area contributed by atoms with Crippen LogP contribution in [0.5, 0.6) is 0 Å². The molecule has 0 aliphatic rings. The topological polar surface area (TPSA) is 26.0 Å². The first-order valence-electron chi connectivity index (χ1n) is 4.61. The molecule has 0 unspecified atom stereocenters. The van der Waals surface area contributed by atoms with Gasteiger partial charge in [0.25, 0.3) is 0 Å². The average molecular weight is 227 g/mol. The van der Waals surface area contributed by atoms with E-state index in [0.717, 1.165) is 6.26 Å². The maximum Gasteiger partial charge on any atom is 0.394 e. The number of oxazole rings is 1. The molecular weight excluding hydrogens is 219 g/mol. The highest BCUT2D eigenvalue weighted by Crippen LogP contribution is 2.23. The van der Waals surface area contributed by atoms with E-state index in [-0.39, 0.29) is 11.6 Å². The first kappa shape index (κ1) is 10.7. The summed E-state index contributed by atoms with van der Waals surface area (Å²) in [5.74, 6) is 0.208. The summed E-state index contributed by atoms with van der Waals surface area (Å²) < 4.78 is 41.2. The van der Waals surface area contributed by atoms with Crippen molar-refractivity contribution >= 4 is 0 Å². The molecule has 1 aromatic carbocycles. The maximum atomic E-state index is 12.1. The molecule has 0 saturated carbocycles. The zero-order valence-electron chi connectivity index (χ0n) is 8.16. The first-order valence-corrected chi connectivity index (χ1v) is 4.61. The second-order valence-corrected chi connectivity index (χ2v) is 3.30. The fraction of sp³-hybridized carbons (Fsp3) is 0.182. The van der Waals surface area contributed by atoms with Crippen molar-refractivity contribution in [1.29, 1.82) is 0 Å². The van der Waals surface area contributed by atoms with Gasteiger partial charge < -0.3 is 4.42 Å². The fourth-order valence-electron chi connectivity index (χ4n) is 1.31. The quantitative estimate of drug-likeness (QED) is 0.785. The minimum Gasteiger partial charge on any atom is -0.444 e. The summed E-state index contributed by atoms with van der Waals surface area (Å²) >= 11 is 0. The number of alkyl halides is 3. The van der Waals surface area contributed by atoms with Gasteiger partial charge in [-0.25, -0.2) is 4.98 Å². The third-order valence-electron chi connectivity index (χ3n) is 1.95. The second kappa shape index (κ2) is 4.00. The lowest BCUT2D eigenvalue weighted by atomic mass is 10.2. The normalized spacial score (nSPS) is 11.7. The molecule has 0 aliphatic carbocycles. The van der Waals surface area contributed by atoms with Crippen LogP contribution < -0.4 is 0 Å². The SMILES string of the molecule is FC(F)(F)Cc1coc(-c2ccccc2)n1. The number of rotatable bonds is 2. The molecule has 0 bridgehead atoms. The van der Waals surface area contributed by atoms with Crippen LogP contribution in [0.15, 0.2) is 41.0 Å². The molecule has 0 aliphatic heterocycles. The second-order valence-electron chi connectivity index (χ2n) is 3.30. The lowest BCUT2D eigenvalue weighted by Gasteiger charge is -2.00. The van der Waals surface area contributed by atoms with E-state index in [4.69, 9.17) is 4.42 Å². The molecule has 0 radical (unpaired) electrons. The van der Waals surface area contributed by atoms with Gasteiger partial charge in [-0.05, 0) is 12.1 Å². The molecule has 1 aromatic heterocycles. The maximum absolute atomic E-state index is 12.1. The number of hydrogen-bond acceptors (Lipinski definition) is 2. The fourth-order valence-corrected chi connectivity index (χ4v) is 1.31. The predicted octanol–water partition coefficient (Wildman–Crippen LogP) is 3.45. The summed E-state index contributed by atoms with van der Waals surface area (Å²) in [5, 5.41) is 0. The van der Waals surface area contributed by atoms with E-state index in [1.165, 1.54) is 0 Å². The Hall–Kier alpha value is -1.78. The van der Waals surface area contributed by atoms with Gasteiger partial charge in [0, 0.05) is 5.56 Å². The molecule has 0 N–H and O–H groups in total. The lowest BCUT2D eigenvalue weighted by Crippen LogP contribution is -2.11. The lowest BCUT2D eigenvalue weighted by molar-refractivity contribution is -0.127. The minimum absolute atomic E-state index is 0.105. The smallest absolute Gasteiger partial charge is 0.394 e. The minimum atomic E-state index is -4.26. The molecule has 2 rings (SSSR count). The molecular formula is C11H8F3NO. The van der Waals surface area contributed by atoms with Crippen LogP contribution in [0, 0.1) is 0 Å². The van der Waals surface area contributed by atoms with Crippen molar-refractivity contribution in [1.82, 2.24) is 4.98 Å². The third kappa shape index (κ3) is 2.62. The van der Waals surface area contributed by atoms with Crippen molar-refractivity contribution in [2.75, 3.05) is 0 Å². The van der Waals surface area contributed by atoms with Crippen molar-refractivity contribution in [2.24, 2.45) is 0 Å². The highest BCUT2D eigenvalue weighted by atomic mass is 19.4. The standard InChI is InChI=1S/C11H8F3NO/c12-11(13,14)6-9-7-16-10(15-9)8-4-2-1-3-5-8/h1-5,7H,6H2. The largest absolute Gasteiger partial charge is 0.444 e. The van der Waals surface area contributed by atoms with E-state index in [1.807, 2.05) is 6.07 Å². The highest BCUT2D eigenvalue weighted by Gasteiger charge is 2.29. The molecule has 84 valence electrons. The van der Waals surface area contributed by atoms with Crippen LogP contribution in [0.4, 0.5) is 13.2 Å². The van der Waals surface area contributed by atoms with Gasteiger partial charge in [-0.2, -0.15) is 13.2 Å². The Balaban J connectivity index is 2.21. The zero-order chi connectivity index (χ0) is 11.6. The van der Waals surface area contributed by atoms with Crippen molar-refractivity contribution in [3.8, 4) is 11.5 Å². The molecule has 1 heterocycles. The van der Waals surface area contributed by atoms with Crippen LogP contribution >= 0.6 is 0 Å². The molecule has 0 amide bonds. The molecule has 5 heteroatoms. The molecule has 0 atom stereocenters. The van der Waals surface area contributed by atoms with Crippen molar-refractivity contribution in [2.45, 2.75) is 12.6 Å². The van der Waals surface area contributed by atoms with Gasteiger partial charge in [0.15, 0.2) is 0 Å². The van der Waals surface area contributed by atoms with E-state index in [9.17, 15) is 13.2 Å². The molecule has 2 aromatic rings. The van der Waals surface area contributed by atoms with Crippen LogP contribution in [0.1, 0.15) is 5.69 Å². The van der Waals surface area contributed by atoms with Crippen LogP contribution in [0.25, 0.3) is 11.5 Å². The van der Waals surface area contributed by atoms with Crippen LogP contribution in [0.2, 0.25) is 0 Å². The Labute approximate surface area is 89.7 Å². The van der Waals surface area contributed by atoms with Crippen molar-refractivity contribution in [3.05, 3.63) is 42.3 Å². The third-order valence-corrected chi connectivity index (χ3v) is 1.95.